The molecule has 2 rings (SSSR count). The average Bonchev–Trinajstić information content (AvgIpc) is 2.49. The first-order valence-corrected chi connectivity index (χ1v) is 8.54. The van der Waals surface area contributed by atoms with Gasteiger partial charge in [-0.2, -0.15) is 0 Å². The van der Waals surface area contributed by atoms with Gasteiger partial charge in [0.15, 0.2) is 0 Å². The first-order chi connectivity index (χ1) is 9.27. The van der Waals surface area contributed by atoms with E-state index in [1.807, 2.05) is 12.1 Å². The van der Waals surface area contributed by atoms with Crippen LogP contribution in [0.15, 0.2) is 60.7 Å². The molecule has 0 aliphatic carbocycles. The van der Waals surface area contributed by atoms with Crippen LogP contribution in [0, 0.1) is 0 Å². The molecular weight excluding hydrogens is 255 g/mol. The summed E-state index contributed by atoms with van der Waals surface area (Å²) in [6.07, 6.45) is 0. The lowest BCUT2D eigenvalue weighted by atomic mass is 10.4. The van der Waals surface area contributed by atoms with Gasteiger partial charge in [0.1, 0.15) is 17.2 Å². The molecule has 0 aliphatic rings. The van der Waals surface area contributed by atoms with Gasteiger partial charge in [0.25, 0.3) is 0 Å². The van der Waals surface area contributed by atoms with Crippen LogP contribution >= 0.6 is 7.49 Å². The Kier molecular flexibility index (Phi) is 5.09. The van der Waals surface area contributed by atoms with Crippen LogP contribution in [0.3, 0.4) is 0 Å². The fraction of sp³-hybridized carbons (Fsp3) is 0.250. The van der Waals surface area contributed by atoms with E-state index in [-0.39, 0.29) is 0 Å². The highest BCUT2D eigenvalue weighted by molar-refractivity contribution is 7.84. The van der Waals surface area contributed by atoms with Crippen LogP contribution in [0.5, 0.6) is 0 Å². The summed E-state index contributed by atoms with van der Waals surface area (Å²) in [4.78, 5) is 0. The number of rotatable bonds is 6. The lowest BCUT2D eigenvalue weighted by Gasteiger charge is -2.21. The second kappa shape index (κ2) is 6.81. The summed E-state index contributed by atoms with van der Waals surface area (Å²) in [6, 6.07) is 20.9. The molecule has 0 heterocycles. The molecule has 2 aromatic carbocycles. The predicted octanol–water partition coefficient (Wildman–Crippen LogP) is 2.86. The molecule has 0 bridgehead atoms. The van der Waals surface area contributed by atoms with Crippen LogP contribution in [-0.2, 0) is 9.26 Å². The topological polar surface area (TPSA) is 18.5 Å². The molecule has 0 fully saturated rings. The maximum absolute atomic E-state index is 6.23. The maximum atomic E-state index is 6.23. The summed E-state index contributed by atoms with van der Waals surface area (Å²) in [7, 11) is -0.0852. The number of ether oxygens (including phenoxy) is 1. The Morgan fingerprint density at radius 2 is 1.26 bits per heavy atom. The number of hydrogen-bond acceptors (Lipinski definition) is 2. The third-order valence-corrected chi connectivity index (χ3v) is 6.40. The first kappa shape index (κ1) is 14.2. The summed E-state index contributed by atoms with van der Waals surface area (Å²) in [5.41, 5.74) is 0. The Morgan fingerprint density at radius 3 is 1.68 bits per heavy atom. The van der Waals surface area contributed by atoms with Crippen LogP contribution in [0.2, 0.25) is 0 Å². The minimum atomic E-state index is -1.78. The molecule has 0 aromatic heterocycles. The lowest BCUT2D eigenvalue weighted by Crippen LogP contribution is -2.24. The molecule has 2 nitrogen and oxygen atoms in total. The standard InChI is InChI=1S/C16H20O2P/c1-17-13-14-18-19(2,15-9-5-3-6-10-15)16-11-7-4-8-12-16/h3-12H,13-14H2,1-2H3/q+1. The normalized spacial score (nSPS) is 11.5. The summed E-state index contributed by atoms with van der Waals surface area (Å²) >= 11 is 0. The molecule has 0 unspecified atom stereocenters. The van der Waals surface area contributed by atoms with Crippen molar-refractivity contribution in [2.75, 3.05) is 27.0 Å². The van der Waals surface area contributed by atoms with E-state index in [0.717, 1.165) is 0 Å². The first-order valence-electron chi connectivity index (χ1n) is 6.38. The van der Waals surface area contributed by atoms with Crippen LogP contribution in [-0.4, -0.2) is 27.0 Å². The van der Waals surface area contributed by atoms with Crippen molar-refractivity contribution in [3.05, 3.63) is 60.7 Å². The van der Waals surface area contributed by atoms with Crippen LogP contribution in [0.25, 0.3) is 0 Å². The quantitative estimate of drug-likeness (QED) is 0.596. The van der Waals surface area contributed by atoms with Gasteiger partial charge < -0.3 is 4.74 Å². The van der Waals surface area contributed by atoms with E-state index in [0.29, 0.717) is 13.2 Å². The SMILES string of the molecule is COCCO[P+](C)(c1ccccc1)c1ccccc1. The van der Waals surface area contributed by atoms with Crippen LogP contribution in [0.4, 0.5) is 0 Å². The Hall–Kier alpha value is -1.21. The highest BCUT2D eigenvalue weighted by atomic mass is 31.2. The zero-order chi connectivity index (χ0) is 13.6. The number of benzene rings is 2. The van der Waals surface area contributed by atoms with Gasteiger partial charge in [-0.3, -0.25) is 0 Å². The third-order valence-electron chi connectivity index (χ3n) is 3.13. The van der Waals surface area contributed by atoms with Crippen molar-refractivity contribution in [2.45, 2.75) is 0 Å². The minimum absolute atomic E-state index is 0.616. The molecule has 0 saturated heterocycles. The van der Waals surface area contributed by atoms with E-state index in [1.165, 1.54) is 10.6 Å². The fourth-order valence-electron chi connectivity index (χ4n) is 2.03. The van der Waals surface area contributed by atoms with E-state index in [2.05, 4.69) is 55.2 Å². The molecule has 0 saturated carbocycles. The maximum Gasteiger partial charge on any atom is 0.207 e. The summed E-state index contributed by atoms with van der Waals surface area (Å²) in [6.45, 7) is 3.45. The second-order valence-electron chi connectivity index (χ2n) is 4.42. The average molecular weight is 275 g/mol. The predicted molar refractivity (Wildman–Crippen MR) is 82.8 cm³/mol. The van der Waals surface area contributed by atoms with Gasteiger partial charge in [0, 0.05) is 7.11 Å². The molecule has 3 heteroatoms. The third kappa shape index (κ3) is 3.42. The fourth-order valence-corrected chi connectivity index (χ4v) is 4.54. The number of methoxy groups -OCH3 is 1. The zero-order valence-corrected chi connectivity index (χ0v) is 12.3. The Bertz CT molecular complexity index is 445. The van der Waals surface area contributed by atoms with Gasteiger partial charge in [-0.1, -0.05) is 36.4 Å². The molecule has 100 valence electrons. The van der Waals surface area contributed by atoms with Gasteiger partial charge in [0.05, 0.1) is 13.3 Å². The van der Waals surface area contributed by atoms with E-state index >= 15 is 0 Å². The molecular formula is C16H20O2P+. The summed E-state index contributed by atoms with van der Waals surface area (Å²) in [5.74, 6) is 0. The zero-order valence-electron chi connectivity index (χ0n) is 11.5. The van der Waals surface area contributed by atoms with Gasteiger partial charge in [-0.25, -0.2) is 4.52 Å². The van der Waals surface area contributed by atoms with Crippen LogP contribution < -0.4 is 10.6 Å². The highest BCUT2D eigenvalue weighted by Crippen LogP contribution is 2.53. The van der Waals surface area contributed by atoms with E-state index in [1.54, 1.807) is 7.11 Å². The van der Waals surface area contributed by atoms with Crippen molar-refractivity contribution in [2.24, 2.45) is 0 Å². The lowest BCUT2D eigenvalue weighted by molar-refractivity contribution is 0.153. The largest absolute Gasteiger partial charge is 0.382 e. The molecule has 0 radical (unpaired) electrons. The molecule has 0 amide bonds. The van der Waals surface area contributed by atoms with Gasteiger partial charge in [-0.05, 0) is 24.3 Å². The summed E-state index contributed by atoms with van der Waals surface area (Å²) in [5, 5.41) is 2.52. The van der Waals surface area contributed by atoms with Crippen molar-refractivity contribution in [3.8, 4) is 0 Å². The molecule has 2 aromatic rings. The highest BCUT2D eigenvalue weighted by Gasteiger charge is 2.39. The van der Waals surface area contributed by atoms with Crippen molar-refractivity contribution >= 4 is 18.1 Å². The smallest absolute Gasteiger partial charge is 0.207 e. The molecule has 0 spiro atoms. The molecule has 0 N–H and O–H groups in total. The van der Waals surface area contributed by atoms with Gasteiger partial charge >= 0.3 is 0 Å². The Balaban J connectivity index is 2.33. The monoisotopic (exact) mass is 275 g/mol. The molecule has 0 aliphatic heterocycles. The molecule has 19 heavy (non-hydrogen) atoms. The van der Waals surface area contributed by atoms with Gasteiger partial charge in [0.2, 0.25) is 7.49 Å². The van der Waals surface area contributed by atoms with Crippen molar-refractivity contribution < 1.29 is 9.26 Å². The van der Waals surface area contributed by atoms with Gasteiger partial charge in [-0.15, -0.1) is 0 Å². The van der Waals surface area contributed by atoms with Crippen molar-refractivity contribution in [1.82, 2.24) is 0 Å². The minimum Gasteiger partial charge on any atom is -0.382 e. The van der Waals surface area contributed by atoms with Crippen LogP contribution in [0.1, 0.15) is 0 Å². The van der Waals surface area contributed by atoms with E-state index in [9.17, 15) is 0 Å². The van der Waals surface area contributed by atoms with Crippen molar-refractivity contribution in [1.29, 1.82) is 0 Å². The Morgan fingerprint density at radius 1 is 0.789 bits per heavy atom. The summed E-state index contributed by atoms with van der Waals surface area (Å²) < 4.78 is 11.3. The second-order valence-corrected chi connectivity index (χ2v) is 7.56. The van der Waals surface area contributed by atoms with Crippen molar-refractivity contribution in [3.63, 3.8) is 0 Å². The van der Waals surface area contributed by atoms with E-state index in [4.69, 9.17) is 9.26 Å². The number of hydrogen-bond donors (Lipinski definition) is 0. The Labute approximate surface area is 115 Å². The molecule has 0 atom stereocenters. The van der Waals surface area contributed by atoms with E-state index < -0.39 is 7.49 Å².